The lowest BCUT2D eigenvalue weighted by Gasteiger charge is -2.36. The van der Waals surface area contributed by atoms with Crippen LogP contribution in [0.1, 0.15) is 34.3 Å². The number of aliphatic hydroxyl groups excluding tert-OH is 1. The summed E-state index contributed by atoms with van der Waals surface area (Å²) in [5, 5.41) is 9.41. The second-order valence-corrected chi connectivity index (χ2v) is 11.1. The van der Waals surface area contributed by atoms with Crippen LogP contribution in [0, 0.1) is 5.82 Å². The summed E-state index contributed by atoms with van der Waals surface area (Å²) in [4.78, 5) is 16.6. The van der Waals surface area contributed by atoms with Gasteiger partial charge in [0.15, 0.2) is 0 Å². The normalized spacial score (nSPS) is 17.3. The molecule has 7 nitrogen and oxygen atoms in total. The summed E-state index contributed by atoms with van der Waals surface area (Å²) in [5.74, 6) is -1.82. The summed E-state index contributed by atoms with van der Waals surface area (Å²) in [7, 11) is -3.77. The lowest BCUT2D eigenvalue weighted by atomic mass is 10.1. The fourth-order valence-corrected chi connectivity index (χ4v) is 5.54. The minimum Gasteiger partial charge on any atom is -0.392 e. The number of aliphatic hydroxyl groups is 1. The second-order valence-electron chi connectivity index (χ2n) is 8.30. The van der Waals surface area contributed by atoms with Crippen molar-refractivity contribution < 1.29 is 22.7 Å². The number of benzene rings is 2. The van der Waals surface area contributed by atoms with Gasteiger partial charge in [0, 0.05) is 48.5 Å². The Morgan fingerprint density at radius 1 is 1.06 bits per heavy atom. The standard InChI is InChI=1S/C22H24Cl2FN3O4S/c23-19-10-16(2-1-14(19)13-29)28-7-5-27(6-8-28)12-15-9-21(25)18(11-20(15)24)22(30)26-33(31,32)17-3-4-17/h1-2,9-11,17,29H,3-8,12-13H2,(H,26,30). The number of piperazine rings is 1. The zero-order valence-electron chi connectivity index (χ0n) is 17.7. The molecule has 33 heavy (non-hydrogen) atoms. The van der Waals surface area contributed by atoms with Crippen LogP contribution in [0.5, 0.6) is 0 Å². The molecule has 4 rings (SSSR count). The van der Waals surface area contributed by atoms with E-state index in [4.69, 9.17) is 23.2 Å². The van der Waals surface area contributed by atoms with Crippen LogP contribution < -0.4 is 9.62 Å². The Morgan fingerprint density at radius 3 is 2.33 bits per heavy atom. The minimum absolute atomic E-state index is 0.110. The molecule has 11 heteroatoms. The molecular weight excluding hydrogens is 492 g/mol. The maximum Gasteiger partial charge on any atom is 0.267 e. The number of hydrogen-bond acceptors (Lipinski definition) is 6. The summed E-state index contributed by atoms with van der Waals surface area (Å²) in [6, 6.07) is 7.95. The smallest absolute Gasteiger partial charge is 0.267 e. The molecule has 1 heterocycles. The molecule has 2 aliphatic rings. The zero-order chi connectivity index (χ0) is 23.8. The van der Waals surface area contributed by atoms with Gasteiger partial charge in [0.1, 0.15) is 5.82 Å². The number of nitrogens with zero attached hydrogens (tertiary/aromatic N) is 2. The van der Waals surface area contributed by atoms with Crippen molar-refractivity contribution in [3.05, 3.63) is 62.9 Å². The Morgan fingerprint density at radius 2 is 1.73 bits per heavy atom. The first-order valence-corrected chi connectivity index (χ1v) is 12.9. The summed E-state index contributed by atoms with van der Waals surface area (Å²) in [5.41, 5.74) is 1.79. The maximum absolute atomic E-state index is 14.6. The molecule has 1 amide bonds. The van der Waals surface area contributed by atoms with Gasteiger partial charge in [-0.05, 0) is 48.2 Å². The molecule has 0 bridgehead atoms. The lowest BCUT2D eigenvalue weighted by Crippen LogP contribution is -2.46. The number of anilines is 1. The third-order valence-electron chi connectivity index (χ3n) is 5.92. The fourth-order valence-electron chi connectivity index (χ4n) is 3.80. The average molecular weight is 516 g/mol. The highest BCUT2D eigenvalue weighted by Gasteiger charge is 2.37. The Bertz CT molecular complexity index is 1170. The van der Waals surface area contributed by atoms with E-state index >= 15 is 0 Å². The van der Waals surface area contributed by atoms with Gasteiger partial charge in [-0.3, -0.25) is 9.69 Å². The van der Waals surface area contributed by atoms with Gasteiger partial charge in [-0.1, -0.05) is 29.3 Å². The second kappa shape index (κ2) is 9.76. The van der Waals surface area contributed by atoms with Gasteiger partial charge in [-0.25, -0.2) is 17.5 Å². The Kier molecular flexibility index (Phi) is 7.16. The van der Waals surface area contributed by atoms with Gasteiger partial charge in [-0.2, -0.15) is 0 Å². The summed E-state index contributed by atoms with van der Waals surface area (Å²) >= 11 is 12.5. The molecule has 0 unspecified atom stereocenters. The Labute approximate surface area is 202 Å². The Hall–Kier alpha value is -1.91. The van der Waals surface area contributed by atoms with Crippen LogP contribution in [0.2, 0.25) is 10.0 Å². The van der Waals surface area contributed by atoms with Crippen molar-refractivity contribution >= 4 is 44.8 Å². The predicted molar refractivity (Wildman–Crippen MR) is 126 cm³/mol. The first-order chi connectivity index (χ1) is 15.7. The van der Waals surface area contributed by atoms with E-state index in [0.717, 1.165) is 18.8 Å². The number of sulfonamides is 1. The fraction of sp³-hybridized carbons (Fsp3) is 0.409. The summed E-state index contributed by atoms with van der Waals surface area (Å²) in [6.07, 6.45) is 0.998. The highest BCUT2D eigenvalue weighted by Crippen LogP contribution is 2.29. The molecule has 0 radical (unpaired) electrons. The predicted octanol–water partition coefficient (Wildman–Crippen LogP) is 3.17. The molecule has 1 saturated carbocycles. The molecule has 0 atom stereocenters. The molecule has 1 saturated heterocycles. The molecule has 0 spiro atoms. The molecule has 1 aliphatic carbocycles. The first kappa shape index (κ1) is 24.2. The molecular formula is C22H24Cl2FN3O4S. The monoisotopic (exact) mass is 515 g/mol. The van der Waals surface area contributed by atoms with Crippen LogP contribution in [-0.2, 0) is 23.2 Å². The molecule has 2 fully saturated rings. The van der Waals surface area contributed by atoms with Crippen molar-refractivity contribution in [1.29, 1.82) is 0 Å². The van der Waals surface area contributed by atoms with E-state index in [0.29, 0.717) is 48.6 Å². The van der Waals surface area contributed by atoms with Gasteiger partial charge in [0.2, 0.25) is 10.0 Å². The van der Waals surface area contributed by atoms with Gasteiger partial charge in [0.25, 0.3) is 5.91 Å². The number of rotatable bonds is 7. The van der Waals surface area contributed by atoms with Gasteiger partial charge in [-0.15, -0.1) is 0 Å². The average Bonchev–Trinajstić information content (AvgIpc) is 3.62. The van der Waals surface area contributed by atoms with E-state index < -0.39 is 27.0 Å². The SMILES string of the molecule is O=C(NS(=O)(=O)C1CC1)c1cc(Cl)c(CN2CCN(c3ccc(CO)c(Cl)c3)CC2)cc1F. The summed E-state index contributed by atoms with van der Waals surface area (Å²) in [6.45, 7) is 3.16. The van der Waals surface area contributed by atoms with Gasteiger partial charge in [0.05, 0.1) is 17.4 Å². The van der Waals surface area contributed by atoms with Crippen LogP contribution >= 0.6 is 23.2 Å². The number of carbonyl (C=O) groups is 1. The number of hydrogen-bond donors (Lipinski definition) is 2. The van der Waals surface area contributed by atoms with Crippen molar-refractivity contribution in [2.24, 2.45) is 0 Å². The van der Waals surface area contributed by atoms with Crippen LogP contribution in [0.3, 0.4) is 0 Å². The van der Waals surface area contributed by atoms with E-state index in [1.54, 1.807) is 6.07 Å². The highest BCUT2D eigenvalue weighted by atomic mass is 35.5. The van der Waals surface area contributed by atoms with E-state index in [-0.39, 0.29) is 17.2 Å². The number of nitrogens with one attached hydrogen (secondary N) is 1. The van der Waals surface area contributed by atoms with Crippen molar-refractivity contribution in [2.75, 3.05) is 31.1 Å². The lowest BCUT2D eigenvalue weighted by molar-refractivity contribution is 0.0977. The maximum atomic E-state index is 14.6. The van der Waals surface area contributed by atoms with E-state index in [2.05, 4.69) is 9.80 Å². The van der Waals surface area contributed by atoms with Crippen LogP contribution in [0.15, 0.2) is 30.3 Å². The minimum atomic E-state index is -3.77. The topological polar surface area (TPSA) is 90.0 Å². The van der Waals surface area contributed by atoms with Crippen LogP contribution in [0.4, 0.5) is 10.1 Å². The molecule has 2 aromatic rings. The quantitative estimate of drug-likeness (QED) is 0.588. The number of amides is 1. The zero-order valence-corrected chi connectivity index (χ0v) is 20.1. The third kappa shape index (κ3) is 5.60. The summed E-state index contributed by atoms with van der Waals surface area (Å²) < 4.78 is 40.5. The molecule has 178 valence electrons. The largest absolute Gasteiger partial charge is 0.392 e. The van der Waals surface area contributed by atoms with Crippen molar-refractivity contribution in [3.8, 4) is 0 Å². The van der Waals surface area contributed by atoms with E-state index in [1.165, 1.54) is 12.1 Å². The van der Waals surface area contributed by atoms with Crippen molar-refractivity contribution in [2.45, 2.75) is 31.2 Å². The van der Waals surface area contributed by atoms with Crippen molar-refractivity contribution in [1.82, 2.24) is 9.62 Å². The van der Waals surface area contributed by atoms with Gasteiger partial charge < -0.3 is 10.0 Å². The molecule has 2 aromatic carbocycles. The first-order valence-electron chi connectivity index (χ1n) is 10.6. The Balaban J connectivity index is 1.38. The van der Waals surface area contributed by atoms with Gasteiger partial charge >= 0.3 is 0 Å². The highest BCUT2D eigenvalue weighted by molar-refractivity contribution is 7.91. The number of halogens is 3. The molecule has 2 N–H and O–H groups in total. The van der Waals surface area contributed by atoms with E-state index in [1.807, 2.05) is 16.9 Å². The molecule has 0 aromatic heterocycles. The van der Waals surface area contributed by atoms with Crippen molar-refractivity contribution in [3.63, 3.8) is 0 Å². The third-order valence-corrected chi connectivity index (χ3v) is 8.44. The number of carbonyl (C=O) groups excluding carboxylic acids is 1. The van der Waals surface area contributed by atoms with Crippen LogP contribution in [0.25, 0.3) is 0 Å². The van der Waals surface area contributed by atoms with E-state index in [9.17, 15) is 22.7 Å². The van der Waals surface area contributed by atoms with Crippen LogP contribution in [-0.4, -0.2) is 55.8 Å². The molecule has 1 aliphatic heterocycles.